The third kappa shape index (κ3) is 5.97. The van der Waals surface area contributed by atoms with Gasteiger partial charge in [-0.15, -0.1) is 0 Å². The van der Waals surface area contributed by atoms with Gasteiger partial charge >= 0.3 is 0 Å². The molecule has 0 aliphatic rings. The topological polar surface area (TPSA) is 109 Å². The zero-order valence-corrected chi connectivity index (χ0v) is 8.68. The fourth-order valence-electron chi connectivity index (χ4n) is 0.875. The summed E-state index contributed by atoms with van der Waals surface area (Å²) < 4.78 is 58.8. The van der Waals surface area contributed by atoms with E-state index in [-0.39, 0.29) is 6.42 Å². The van der Waals surface area contributed by atoms with Crippen LogP contribution in [0.5, 0.6) is 0 Å². The lowest BCUT2D eigenvalue weighted by molar-refractivity contribution is 0.452. The molecule has 0 rings (SSSR count). The van der Waals surface area contributed by atoms with Crippen molar-refractivity contribution in [2.24, 2.45) is 0 Å². The summed E-state index contributed by atoms with van der Waals surface area (Å²) >= 11 is 0. The van der Waals surface area contributed by atoms with Crippen molar-refractivity contribution in [1.29, 1.82) is 0 Å². The minimum absolute atomic E-state index is 0.00137. The van der Waals surface area contributed by atoms with Crippen molar-refractivity contribution in [3.63, 3.8) is 0 Å². The van der Waals surface area contributed by atoms with Gasteiger partial charge in [0.2, 0.25) is 0 Å². The van der Waals surface area contributed by atoms with Gasteiger partial charge in [-0.25, -0.2) is 0 Å². The highest BCUT2D eigenvalue weighted by Gasteiger charge is 2.27. The molecule has 1 unspecified atom stereocenters. The van der Waals surface area contributed by atoms with Gasteiger partial charge in [-0.1, -0.05) is 13.3 Å². The van der Waals surface area contributed by atoms with Gasteiger partial charge in [0.05, 0.1) is 5.75 Å². The van der Waals surface area contributed by atoms with E-state index in [1.54, 1.807) is 6.92 Å². The van der Waals surface area contributed by atoms with Gasteiger partial charge in [0.25, 0.3) is 20.2 Å². The van der Waals surface area contributed by atoms with E-state index >= 15 is 0 Å². The fraction of sp³-hybridized carbons (Fsp3) is 1.00. The van der Waals surface area contributed by atoms with Crippen LogP contribution in [-0.4, -0.2) is 36.9 Å². The van der Waals surface area contributed by atoms with E-state index in [1.165, 1.54) is 0 Å². The van der Waals surface area contributed by atoms with Crippen molar-refractivity contribution in [2.75, 3.05) is 5.75 Å². The second-order valence-corrected chi connectivity index (χ2v) is 5.87. The maximum Gasteiger partial charge on any atom is 0.268 e. The summed E-state index contributed by atoms with van der Waals surface area (Å²) in [5.41, 5.74) is 0. The van der Waals surface area contributed by atoms with Crippen molar-refractivity contribution in [1.82, 2.24) is 0 Å². The molecular weight excluding hydrogens is 220 g/mol. The second-order valence-electron chi connectivity index (χ2n) is 2.67. The summed E-state index contributed by atoms with van der Waals surface area (Å²) in [4.78, 5) is 0. The van der Waals surface area contributed by atoms with Crippen LogP contribution in [0.4, 0.5) is 0 Å². The summed E-state index contributed by atoms with van der Waals surface area (Å²) in [6.07, 6.45) is 0.401. The van der Waals surface area contributed by atoms with Crippen LogP contribution in [0.1, 0.15) is 19.8 Å². The molecular formula is C5H12O6S2. The summed E-state index contributed by atoms with van der Waals surface area (Å²) in [6.45, 7) is 1.64. The highest BCUT2D eigenvalue weighted by atomic mass is 32.2. The van der Waals surface area contributed by atoms with Crippen LogP contribution in [0.2, 0.25) is 0 Å². The summed E-state index contributed by atoms with van der Waals surface area (Å²) in [7, 11) is -8.77. The van der Waals surface area contributed by atoms with Crippen molar-refractivity contribution in [3.05, 3.63) is 0 Å². The van der Waals surface area contributed by atoms with Gasteiger partial charge in [0.15, 0.2) is 0 Å². The normalized spacial score (nSPS) is 15.6. The van der Waals surface area contributed by atoms with E-state index in [0.717, 1.165) is 0 Å². The molecule has 0 radical (unpaired) electrons. The molecule has 0 bridgehead atoms. The minimum Gasteiger partial charge on any atom is -0.286 e. The first-order valence-electron chi connectivity index (χ1n) is 3.58. The van der Waals surface area contributed by atoms with Gasteiger partial charge in [-0.3, -0.25) is 9.11 Å². The lowest BCUT2D eigenvalue weighted by Gasteiger charge is -2.09. The van der Waals surface area contributed by atoms with Gasteiger partial charge in [0.1, 0.15) is 5.25 Å². The Morgan fingerprint density at radius 3 is 1.85 bits per heavy atom. The van der Waals surface area contributed by atoms with Crippen LogP contribution in [0.25, 0.3) is 0 Å². The van der Waals surface area contributed by atoms with Crippen molar-refractivity contribution in [3.8, 4) is 0 Å². The molecule has 13 heavy (non-hydrogen) atoms. The summed E-state index contributed by atoms with van der Waals surface area (Å²) in [6, 6.07) is 0. The molecule has 0 saturated carbocycles. The Morgan fingerprint density at radius 1 is 1.15 bits per heavy atom. The Bertz CT molecular complexity index is 339. The highest BCUT2D eigenvalue weighted by Crippen LogP contribution is 2.09. The molecule has 2 N–H and O–H groups in total. The third-order valence-electron chi connectivity index (χ3n) is 1.43. The molecule has 80 valence electrons. The molecule has 8 heteroatoms. The predicted octanol–water partition coefficient (Wildman–Crippen LogP) is -0.0693. The maximum absolute atomic E-state index is 10.6. The second kappa shape index (κ2) is 4.36. The molecule has 0 aromatic rings. The Kier molecular flexibility index (Phi) is 4.30. The van der Waals surface area contributed by atoms with E-state index in [9.17, 15) is 16.8 Å². The van der Waals surface area contributed by atoms with Crippen LogP contribution >= 0.6 is 0 Å². The molecule has 0 aromatic carbocycles. The van der Waals surface area contributed by atoms with Crippen LogP contribution < -0.4 is 0 Å². The molecule has 0 spiro atoms. The van der Waals surface area contributed by atoms with E-state index in [0.29, 0.717) is 6.42 Å². The molecule has 0 aliphatic heterocycles. The molecule has 1 atom stereocenters. The molecule has 0 fully saturated rings. The van der Waals surface area contributed by atoms with Crippen molar-refractivity contribution < 1.29 is 25.9 Å². The van der Waals surface area contributed by atoms with Crippen LogP contribution in [0.3, 0.4) is 0 Å². The Hall–Kier alpha value is -0.180. The van der Waals surface area contributed by atoms with Crippen LogP contribution in [0.15, 0.2) is 0 Å². The van der Waals surface area contributed by atoms with Gasteiger partial charge in [-0.2, -0.15) is 16.8 Å². The third-order valence-corrected chi connectivity index (χ3v) is 3.71. The lowest BCUT2D eigenvalue weighted by Crippen LogP contribution is -2.28. The summed E-state index contributed by atoms with van der Waals surface area (Å²) in [5.74, 6) is -0.959. The van der Waals surface area contributed by atoms with Gasteiger partial charge in [0, 0.05) is 0 Å². The lowest BCUT2D eigenvalue weighted by atomic mass is 10.3. The zero-order valence-electron chi connectivity index (χ0n) is 7.04. The van der Waals surface area contributed by atoms with E-state index in [2.05, 4.69) is 0 Å². The first-order chi connectivity index (χ1) is 5.67. The van der Waals surface area contributed by atoms with E-state index in [4.69, 9.17) is 9.11 Å². The molecule has 0 aliphatic carbocycles. The number of hydrogen-bond donors (Lipinski definition) is 2. The van der Waals surface area contributed by atoms with Gasteiger partial charge < -0.3 is 0 Å². The van der Waals surface area contributed by atoms with Gasteiger partial charge in [-0.05, 0) is 6.42 Å². The number of hydrogen-bond acceptors (Lipinski definition) is 4. The number of rotatable bonds is 5. The molecule has 0 amide bonds. The minimum atomic E-state index is -4.40. The standard InChI is InChI=1S/C5H12O6S2/c1-2-3-5(13(9,10)11)4-12(6,7)8/h5H,2-4H2,1H3,(H,6,7,8)(H,9,10,11). The van der Waals surface area contributed by atoms with Crippen molar-refractivity contribution >= 4 is 20.2 Å². The summed E-state index contributed by atoms with van der Waals surface area (Å²) in [5, 5.41) is -1.44. The average molecular weight is 232 g/mol. The molecule has 6 nitrogen and oxygen atoms in total. The highest BCUT2D eigenvalue weighted by molar-refractivity contribution is 7.90. The molecule has 0 saturated heterocycles. The first-order valence-corrected chi connectivity index (χ1v) is 6.69. The van der Waals surface area contributed by atoms with Crippen LogP contribution in [0, 0.1) is 0 Å². The smallest absolute Gasteiger partial charge is 0.268 e. The van der Waals surface area contributed by atoms with Crippen molar-refractivity contribution in [2.45, 2.75) is 25.0 Å². The average Bonchev–Trinajstić information content (AvgIpc) is 1.81. The van der Waals surface area contributed by atoms with E-state index in [1.807, 2.05) is 0 Å². The fourth-order valence-corrected chi connectivity index (χ4v) is 3.25. The Morgan fingerprint density at radius 2 is 1.62 bits per heavy atom. The maximum atomic E-state index is 10.6. The SMILES string of the molecule is CCCC(CS(=O)(=O)O)S(=O)(=O)O. The molecule has 0 aromatic heterocycles. The van der Waals surface area contributed by atoms with E-state index < -0.39 is 31.2 Å². The monoisotopic (exact) mass is 232 g/mol. The first kappa shape index (κ1) is 12.8. The largest absolute Gasteiger partial charge is 0.286 e. The predicted molar refractivity (Wildman–Crippen MR) is 46.7 cm³/mol. The molecule has 0 heterocycles. The quantitative estimate of drug-likeness (QED) is 0.642. The van der Waals surface area contributed by atoms with Crippen LogP contribution in [-0.2, 0) is 20.2 Å². The Balaban J connectivity index is 4.66. The zero-order chi connectivity index (χ0) is 10.7. The Labute approximate surface area is 77.5 Å².